The van der Waals surface area contributed by atoms with Crippen LogP contribution < -0.4 is 16.0 Å². The van der Waals surface area contributed by atoms with Gasteiger partial charge in [-0.2, -0.15) is 5.10 Å². The highest BCUT2D eigenvalue weighted by molar-refractivity contribution is 6.01. The number of carboxylic acid groups (broad SMARTS) is 1. The van der Waals surface area contributed by atoms with Crippen molar-refractivity contribution in [1.29, 1.82) is 0 Å². The number of carboxylic acids is 1. The molecule has 1 N–H and O–H groups in total. The minimum Gasteiger partial charge on any atom is -0.545 e. The third kappa shape index (κ3) is 3.25. The number of aryl methyl sites for hydroxylation is 1. The molecule has 0 saturated heterocycles. The number of aromatic nitrogens is 2. The van der Waals surface area contributed by atoms with Crippen LogP contribution in [0.1, 0.15) is 16.1 Å². The minimum atomic E-state index is -1.37. The summed E-state index contributed by atoms with van der Waals surface area (Å²) in [4.78, 5) is 35.6. The van der Waals surface area contributed by atoms with Gasteiger partial charge in [-0.25, -0.2) is 4.68 Å². The molecule has 126 valence electrons. The number of fused-ring (bicyclic) bond motifs is 1. The van der Waals surface area contributed by atoms with Crippen LogP contribution in [0.5, 0.6) is 0 Å². The van der Waals surface area contributed by atoms with Crippen LogP contribution in [0.15, 0.2) is 53.3 Å². The first-order valence-electron chi connectivity index (χ1n) is 7.52. The van der Waals surface area contributed by atoms with Gasteiger partial charge in [0, 0.05) is 23.7 Å². The number of rotatable bonds is 4. The molecule has 1 aromatic heterocycles. The number of amides is 1. The molecule has 0 spiro atoms. The van der Waals surface area contributed by atoms with Crippen LogP contribution in [-0.4, -0.2) is 21.7 Å². The topological polar surface area (TPSA) is 104 Å². The monoisotopic (exact) mass is 336 g/mol. The molecule has 7 nitrogen and oxygen atoms in total. The Bertz CT molecular complexity index is 1040. The van der Waals surface area contributed by atoms with Gasteiger partial charge >= 0.3 is 0 Å². The molecule has 1 amide bonds. The van der Waals surface area contributed by atoms with E-state index >= 15 is 0 Å². The van der Waals surface area contributed by atoms with Crippen molar-refractivity contribution >= 4 is 28.3 Å². The van der Waals surface area contributed by atoms with E-state index in [1.807, 2.05) is 0 Å². The van der Waals surface area contributed by atoms with Crippen molar-refractivity contribution in [3.63, 3.8) is 0 Å². The van der Waals surface area contributed by atoms with Crippen molar-refractivity contribution in [1.82, 2.24) is 9.78 Å². The van der Waals surface area contributed by atoms with E-state index in [-0.39, 0.29) is 23.2 Å². The molecule has 25 heavy (non-hydrogen) atoms. The Balaban J connectivity index is 1.93. The number of nitrogens with one attached hydrogen (secondary N) is 1. The first-order chi connectivity index (χ1) is 12.0. The molecule has 0 radical (unpaired) electrons. The summed E-state index contributed by atoms with van der Waals surface area (Å²) >= 11 is 0. The van der Waals surface area contributed by atoms with Crippen molar-refractivity contribution < 1.29 is 14.7 Å². The van der Waals surface area contributed by atoms with Crippen LogP contribution >= 0.6 is 0 Å². The third-order valence-corrected chi connectivity index (χ3v) is 3.78. The first-order valence-corrected chi connectivity index (χ1v) is 7.52. The molecular formula is C18H14N3O4-. The number of aromatic carboxylic acids is 1. The Kier molecular flexibility index (Phi) is 4.30. The quantitative estimate of drug-likeness (QED) is 0.746. The first kappa shape index (κ1) is 16.4. The smallest absolute Gasteiger partial charge is 0.274 e. The second-order valence-corrected chi connectivity index (χ2v) is 5.48. The zero-order valence-electron chi connectivity index (χ0n) is 13.4. The van der Waals surface area contributed by atoms with Crippen LogP contribution in [0.25, 0.3) is 10.8 Å². The summed E-state index contributed by atoms with van der Waals surface area (Å²) in [7, 11) is 1.52. The molecule has 0 saturated carbocycles. The molecule has 0 fully saturated rings. The SMILES string of the molecule is Cn1nc(CC(=O)Nc2ccccc2C(=O)[O-])c2ccccc2c1=O. The molecule has 0 bridgehead atoms. The summed E-state index contributed by atoms with van der Waals surface area (Å²) in [6, 6.07) is 12.9. The number of para-hydroxylation sites is 1. The predicted molar refractivity (Wildman–Crippen MR) is 90.1 cm³/mol. The number of carbonyl (C=O) groups is 2. The predicted octanol–water partition coefficient (Wildman–Crippen LogP) is 0.478. The van der Waals surface area contributed by atoms with Crippen LogP contribution in [0.2, 0.25) is 0 Å². The molecule has 0 aliphatic rings. The van der Waals surface area contributed by atoms with E-state index in [1.54, 1.807) is 36.4 Å². The molecule has 0 aliphatic carbocycles. The van der Waals surface area contributed by atoms with E-state index in [1.165, 1.54) is 23.9 Å². The molecule has 2 aromatic carbocycles. The molecule has 3 rings (SSSR count). The van der Waals surface area contributed by atoms with E-state index in [0.717, 1.165) is 0 Å². The number of hydrogen-bond donors (Lipinski definition) is 1. The fourth-order valence-corrected chi connectivity index (χ4v) is 2.62. The lowest BCUT2D eigenvalue weighted by molar-refractivity contribution is -0.254. The highest BCUT2D eigenvalue weighted by atomic mass is 16.4. The van der Waals surface area contributed by atoms with Crippen LogP contribution in [0.4, 0.5) is 5.69 Å². The van der Waals surface area contributed by atoms with Crippen LogP contribution in [0, 0.1) is 0 Å². The van der Waals surface area contributed by atoms with Crippen molar-refractivity contribution in [3.05, 3.63) is 70.1 Å². The van der Waals surface area contributed by atoms with Gasteiger partial charge in [0.05, 0.1) is 23.5 Å². The Labute approximate surface area is 142 Å². The fraction of sp³-hybridized carbons (Fsp3) is 0.111. The van der Waals surface area contributed by atoms with Gasteiger partial charge in [0.1, 0.15) is 0 Å². The van der Waals surface area contributed by atoms with E-state index in [9.17, 15) is 19.5 Å². The highest BCUT2D eigenvalue weighted by Crippen LogP contribution is 2.17. The largest absolute Gasteiger partial charge is 0.545 e. The number of hydrogen-bond acceptors (Lipinski definition) is 5. The molecule has 1 heterocycles. The summed E-state index contributed by atoms with van der Waals surface area (Å²) in [5.41, 5.74) is 0.235. The fourth-order valence-electron chi connectivity index (χ4n) is 2.62. The summed E-state index contributed by atoms with van der Waals surface area (Å²) in [6.07, 6.45) is -0.101. The summed E-state index contributed by atoms with van der Waals surface area (Å²) in [5.74, 6) is -1.81. The van der Waals surface area contributed by atoms with Crippen LogP contribution in [-0.2, 0) is 18.3 Å². The minimum absolute atomic E-state index is 0.101. The van der Waals surface area contributed by atoms with E-state index in [4.69, 9.17) is 0 Å². The van der Waals surface area contributed by atoms with Gasteiger partial charge < -0.3 is 15.2 Å². The summed E-state index contributed by atoms with van der Waals surface area (Å²) < 4.78 is 1.18. The van der Waals surface area contributed by atoms with Gasteiger partial charge in [-0.1, -0.05) is 36.4 Å². The summed E-state index contributed by atoms with van der Waals surface area (Å²) in [6.45, 7) is 0. The maximum Gasteiger partial charge on any atom is 0.274 e. The van der Waals surface area contributed by atoms with Gasteiger partial charge in [0.15, 0.2) is 0 Å². The van der Waals surface area contributed by atoms with Crippen molar-refractivity contribution in [2.45, 2.75) is 6.42 Å². The second-order valence-electron chi connectivity index (χ2n) is 5.48. The van der Waals surface area contributed by atoms with Gasteiger partial charge in [-0.3, -0.25) is 9.59 Å². The average Bonchev–Trinajstić information content (AvgIpc) is 2.59. The Morgan fingerprint density at radius 2 is 1.72 bits per heavy atom. The lowest BCUT2D eigenvalue weighted by atomic mass is 10.1. The molecule has 7 heteroatoms. The maximum absolute atomic E-state index is 12.3. The van der Waals surface area contributed by atoms with Gasteiger partial charge in [0.2, 0.25) is 5.91 Å². The standard InChI is InChI=1S/C18H15N3O4/c1-21-17(23)12-7-3-2-6-11(12)15(20-21)10-16(22)19-14-9-5-4-8-13(14)18(24)25/h2-9H,10H2,1H3,(H,19,22)(H,24,25)/p-1. The zero-order chi connectivity index (χ0) is 18.0. The number of nitrogens with zero attached hydrogens (tertiary/aromatic N) is 2. The Morgan fingerprint density at radius 1 is 1.08 bits per heavy atom. The number of anilines is 1. The van der Waals surface area contributed by atoms with Crippen LogP contribution in [0.3, 0.4) is 0 Å². The maximum atomic E-state index is 12.3. The van der Waals surface area contributed by atoms with E-state index < -0.39 is 11.9 Å². The van der Waals surface area contributed by atoms with Crippen molar-refractivity contribution in [2.24, 2.45) is 7.05 Å². The average molecular weight is 336 g/mol. The molecule has 3 aromatic rings. The van der Waals surface area contributed by atoms with E-state index in [0.29, 0.717) is 16.5 Å². The highest BCUT2D eigenvalue weighted by Gasteiger charge is 2.13. The normalized spacial score (nSPS) is 10.6. The number of carbonyl (C=O) groups excluding carboxylic acids is 2. The Morgan fingerprint density at radius 3 is 2.44 bits per heavy atom. The van der Waals surface area contributed by atoms with E-state index in [2.05, 4.69) is 10.4 Å². The third-order valence-electron chi connectivity index (χ3n) is 3.78. The van der Waals surface area contributed by atoms with Gasteiger partial charge in [-0.05, 0) is 12.1 Å². The lowest BCUT2D eigenvalue weighted by Crippen LogP contribution is -2.26. The lowest BCUT2D eigenvalue weighted by Gasteiger charge is -2.12. The van der Waals surface area contributed by atoms with Crippen molar-refractivity contribution in [2.75, 3.05) is 5.32 Å². The van der Waals surface area contributed by atoms with Gasteiger partial charge in [-0.15, -0.1) is 0 Å². The zero-order valence-corrected chi connectivity index (χ0v) is 13.4. The molecule has 0 unspecified atom stereocenters. The second kappa shape index (κ2) is 6.56. The van der Waals surface area contributed by atoms with Gasteiger partial charge in [0.25, 0.3) is 5.56 Å². The number of benzene rings is 2. The molecular weight excluding hydrogens is 322 g/mol. The Hall–Kier alpha value is -3.48. The van der Waals surface area contributed by atoms with Crippen molar-refractivity contribution in [3.8, 4) is 0 Å². The molecule has 0 aliphatic heterocycles. The molecule has 0 atom stereocenters. The summed E-state index contributed by atoms with van der Waals surface area (Å²) in [5, 5.41) is 18.9.